The van der Waals surface area contributed by atoms with Gasteiger partial charge in [-0.1, -0.05) is 34.6 Å². The van der Waals surface area contributed by atoms with E-state index in [4.69, 9.17) is 5.73 Å². The third-order valence-electron chi connectivity index (χ3n) is 1.44. The molecule has 0 rings (SSSR count). The van der Waals surface area contributed by atoms with E-state index in [0.717, 1.165) is 0 Å². The van der Waals surface area contributed by atoms with Crippen LogP contribution in [0.2, 0.25) is 0 Å². The summed E-state index contributed by atoms with van der Waals surface area (Å²) in [5, 5.41) is 0. The molecular weight excluding hydrogens is 138 g/mol. The van der Waals surface area contributed by atoms with Gasteiger partial charge in [-0.05, 0) is 5.92 Å². The maximum absolute atomic E-state index is 10.8. The van der Waals surface area contributed by atoms with Gasteiger partial charge in [0.25, 0.3) is 0 Å². The van der Waals surface area contributed by atoms with Crippen LogP contribution in [-0.2, 0) is 4.79 Å². The van der Waals surface area contributed by atoms with Gasteiger partial charge in [-0.2, -0.15) is 0 Å². The monoisotopic (exact) mass is 159 g/mol. The Kier molecular flexibility index (Phi) is 9.31. The molecule has 0 spiro atoms. The van der Waals surface area contributed by atoms with Crippen LogP contribution in [0.1, 0.15) is 41.0 Å². The number of carbonyl (C=O) groups excluding carboxylic acids is 1. The van der Waals surface area contributed by atoms with Gasteiger partial charge >= 0.3 is 0 Å². The lowest BCUT2D eigenvalue weighted by Gasteiger charge is -2.11. The number of Topliss-reactive ketones (excluding diaryl/α,β-unsaturated/α-hetero) is 1. The molecule has 0 aromatic rings. The summed E-state index contributed by atoms with van der Waals surface area (Å²) < 4.78 is 0. The molecule has 0 saturated carbocycles. The lowest BCUT2D eigenvalue weighted by atomic mass is 10.00. The molecule has 0 aromatic heterocycles. The van der Waals surface area contributed by atoms with Gasteiger partial charge in [-0.15, -0.1) is 0 Å². The molecular formula is C9H21NO. The van der Waals surface area contributed by atoms with Gasteiger partial charge in [0.2, 0.25) is 0 Å². The predicted octanol–water partition coefficient (Wildman–Crippen LogP) is 1.98. The first-order valence-electron chi connectivity index (χ1n) is 4.37. The molecule has 0 heterocycles. The minimum Gasteiger partial charge on any atom is -0.321 e. The van der Waals surface area contributed by atoms with Crippen LogP contribution in [0.3, 0.4) is 0 Å². The van der Waals surface area contributed by atoms with Crippen molar-refractivity contribution in [2.45, 2.75) is 47.1 Å². The van der Waals surface area contributed by atoms with E-state index in [0.29, 0.717) is 6.42 Å². The van der Waals surface area contributed by atoms with Gasteiger partial charge in [-0.25, -0.2) is 0 Å². The molecule has 68 valence electrons. The summed E-state index contributed by atoms with van der Waals surface area (Å²) in [6.45, 7) is 9.75. The first-order valence-corrected chi connectivity index (χ1v) is 4.37. The molecule has 0 aromatic carbocycles. The van der Waals surface area contributed by atoms with Crippen LogP contribution in [0.15, 0.2) is 0 Å². The highest BCUT2D eigenvalue weighted by Crippen LogP contribution is 2.00. The Morgan fingerprint density at radius 3 is 1.82 bits per heavy atom. The normalized spacial score (nSPS) is 11.9. The number of hydrogen-bond donors (Lipinski definition) is 1. The third kappa shape index (κ3) is 6.05. The third-order valence-corrected chi connectivity index (χ3v) is 1.44. The van der Waals surface area contributed by atoms with Crippen LogP contribution in [0.5, 0.6) is 0 Å². The molecule has 0 amide bonds. The van der Waals surface area contributed by atoms with Crippen LogP contribution in [0.4, 0.5) is 0 Å². The lowest BCUT2D eigenvalue weighted by Crippen LogP contribution is -2.34. The highest BCUT2D eigenvalue weighted by atomic mass is 16.1. The predicted molar refractivity (Wildman–Crippen MR) is 49.5 cm³/mol. The molecule has 0 aliphatic heterocycles. The maximum Gasteiger partial charge on any atom is 0.149 e. The van der Waals surface area contributed by atoms with Crippen LogP contribution >= 0.6 is 0 Å². The van der Waals surface area contributed by atoms with Crippen molar-refractivity contribution in [3.8, 4) is 0 Å². The molecule has 0 fully saturated rings. The minimum absolute atomic E-state index is 0.157. The number of nitrogens with two attached hydrogens (primary N) is 1. The van der Waals surface area contributed by atoms with Gasteiger partial charge < -0.3 is 5.73 Å². The second-order valence-electron chi connectivity index (χ2n) is 2.59. The van der Waals surface area contributed by atoms with Gasteiger partial charge in [0.05, 0.1) is 6.04 Å². The van der Waals surface area contributed by atoms with Crippen molar-refractivity contribution in [3.05, 3.63) is 0 Å². The van der Waals surface area contributed by atoms with Crippen molar-refractivity contribution in [2.24, 2.45) is 11.7 Å². The fourth-order valence-electron chi connectivity index (χ4n) is 0.607. The van der Waals surface area contributed by atoms with E-state index in [1.165, 1.54) is 0 Å². The molecule has 0 saturated heterocycles. The van der Waals surface area contributed by atoms with Crippen molar-refractivity contribution < 1.29 is 4.79 Å². The highest BCUT2D eigenvalue weighted by Gasteiger charge is 2.13. The summed E-state index contributed by atoms with van der Waals surface area (Å²) in [5.74, 6) is 0.433. The topological polar surface area (TPSA) is 43.1 Å². The molecule has 2 nitrogen and oxygen atoms in total. The van der Waals surface area contributed by atoms with Crippen LogP contribution < -0.4 is 5.73 Å². The molecule has 2 heteroatoms. The Hall–Kier alpha value is -0.370. The number of ketones is 1. The largest absolute Gasteiger partial charge is 0.321 e. The first kappa shape index (κ1) is 13.2. The lowest BCUT2D eigenvalue weighted by molar-refractivity contribution is -0.120. The Morgan fingerprint density at radius 2 is 1.73 bits per heavy atom. The van der Waals surface area contributed by atoms with Crippen LogP contribution in [0.25, 0.3) is 0 Å². The maximum atomic E-state index is 10.8. The van der Waals surface area contributed by atoms with Crippen molar-refractivity contribution in [3.63, 3.8) is 0 Å². The van der Waals surface area contributed by atoms with Crippen molar-refractivity contribution in [1.82, 2.24) is 0 Å². The Morgan fingerprint density at radius 1 is 1.36 bits per heavy atom. The van der Waals surface area contributed by atoms with Crippen molar-refractivity contribution >= 4 is 5.78 Å². The molecule has 0 radical (unpaired) electrons. The van der Waals surface area contributed by atoms with E-state index in [2.05, 4.69) is 0 Å². The Labute approximate surface area is 70.2 Å². The first-order chi connectivity index (χ1) is 5.09. The number of rotatable bonds is 3. The minimum atomic E-state index is -0.255. The summed E-state index contributed by atoms with van der Waals surface area (Å²) in [4.78, 5) is 10.8. The molecule has 0 unspecified atom stereocenters. The van der Waals surface area contributed by atoms with Gasteiger partial charge in [0.15, 0.2) is 0 Å². The highest BCUT2D eigenvalue weighted by molar-refractivity contribution is 5.83. The van der Waals surface area contributed by atoms with E-state index in [9.17, 15) is 4.79 Å². The molecule has 1 atom stereocenters. The quantitative estimate of drug-likeness (QED) is 0.684. The summed E-state index contributed by atoms with van der Waals surface area (Å²) in [7, 11) is 0. The average Bonchev–Trinajstić information content (AvgIpc) is 2.05. The molecule has 0 aliphatic rings. The molecule has 0 bridgehead atoms. The molecule has 2 N–H and O–H groups in total. The fraction of sp³-hybridized carbons (Fsp3) is 0.889. The van der Waals surface area contributed by atoms with Crippen LogP contribution in [0, 0.1) is 5.92 Å². The molecule has 0 aliphatic carbocycles. The zero-order valence-electron chi connectivity index (χ0n) is 8.35. The van der Waals surface area contributed by atoms with Crippen LogP contribution in [-0.4, -0.2) is 11.8 Å². The number of hydrogen-bond acceptors (Lipinski definition) is 2. The van der Waals surface area contributed by atoms with E-state index >= 15 is 0 Å². The second kappa shape index (κ2) is 7.73. The fourth-order valence-corrected chi connectivity index (χ4v) is 0.607. The van der Waals surface area contributed by atoms with E-state index in [-0.39, 0.29) is 17.7 Å². The number of carbonyl (C=O) groups is 1. The molecule has 11 heavy (non-hydrogen) atoms. The second-order valence-corrected chi connectivity index (χ2v) is 2.59. The average molecular weight is 159 g/mol. The standard InChI is InChI=1S/C7H15NO.C2H6/c1-4-6(9)7(8)5(2)3;1-2/h5,7H,4,8H2,1-3H3;1-2H3/t7-;/m0./s1. The van der Waals surface area contributed by atoms with Gasteiger partial charge in [0.1, 0.15) is 5.78 Å². The van der Waals surface area contributed by atoms with Gasteiger partial charge in [0, 0.05) is 6.42 Å². The van der Waals surface area contributed by atoms with Gasteiger partial charge in [-0.3, -0.25) is 4.79 Å². The Balaban J connectivity index is 0. The zero-order valence-corrected chi connectivity index (χ0v) is 8.35. The smallest absolute Gasteiger partial charge is 0.149 e. The summed E-state index contributed by atoms with van der Waals surface area (Å²) in [6.07, 6.45) is 0.555. The SMILES string of the molecule is CC.CCC(=O)[C@@H](N)C(C)C. The van der Waals surface area contributed by atoms with E-state index in [1.54, 1.807) is 0 Å². The summed E-state index contributed by atoms with van der Waals surface area (Å²) >= 11 is 0. The summed E-state index contributed by atoms with van der Waals surface area (Å²) in [6, 6.07) is -0.255. The summed E-state index contributed by atoms with van der Waals surface area (Å²) in [5.41, 5.74) is 5.52. The zero-order chi connectivity index (χ0) is 9.44. The van der Waals surface area contributed by atoms with Crippen molar-refractivity contribution in [1.29, 1.82) is 0 Å². The van der Waals surface area contributed by atoms with E-state index in [1.807, 2.05) is 34.6 Å². The van der Waals surface area contributed by atoms with Crippen molar-refractivity contribution in [2.75, 3.05) is 0 Å². The van der Waals surface area contributed by atoms with E-state index < -0.39 is 0 Å². The Bertz CT molecular complexity index is 99.7.